The normalized spacial score (nSPS) is 25.6. The number of carbonyl (C=O) groups is 1. The van der Waals surface area contributed by atoms with E-state index in [0.717, 1.165) is 32.7 Å². The minimum absolute atomic E-state index is 0.00866. The fraction of sp³-hybridized carbons (Fsp3) is 0.688. The minimum atomic E-state index is -0.146. The molecule has 8 heteroatoms. The zero-order chi connectivity index (χ0) is 16.9. The Labute approximate surface area is 142 Å². The number of hydrogen-bond donors (Lipinski definition) is 2. The Bertz CT molecular complexity index is 544. The molecule has 2 aliphatic rings. The smallest absolute Gasteiger partial charge is 0.254 e. The van der Waals surface area contributed by atoms with Crippen molar-refractivity contribution in [3.05, 3.63) is 18.0 Å². The molecule has 0 unspecified atom stereocenters. The molecule has 0 bridgehead atoms. The van der Waals surface area contributed by atoms with Gasteiger partial charge in [0.2, 0.25) is 5.95 Å². The average molecular weight is 334 g/mol. The van der Waals surface area contributed by atoms with Crippen molar-refractivity contribution >= 4 is 11.9 Å². The van der Waals surface area contributed by atoms with Crippen LogP contribution < -0.4 is 10.6 Å². The van der Waals surface area contributed by atoms with Gasteiger partial charge < -0.3 is 20.3 Å². The summed E-state index contributed by atoms with van der Waals surface area (Å²) < 4.78 is 5.63. The van der Waals surface area contributed by atoms with Crippen molar-refractivity contribution in [3.63, 3.8) is 0 Å². The van der Waals surface area contributed by atoms with Crippen LogP contribution in [-0.4, -0.2) is 90.7 Å². The molecule has 1 aromatic heterocycles. The molecule has 2 fully saturated rings. The van der Waals surface area contributed by atoms with Crippen molar-refractivity contribution < 1.29 is 9.53 Å². The highest BCUT2D eigenvalue weighted by Gasteiger charge is 2.35. The standard InChI is InChI=1S/C16H26N6O2/c1-3-17-16-18-8-12(9-19-16)15(23)20-13-10-24-11-14(13)22-6-4-21(2)5-7-22/h8-9,13-14H,3-7,10-11H2,1-2H3,(H,20,23)(H,17,18,19)/t13-,14-/m1/s1. The number of ether oxygens (including phenoxy) is 1. The molecule has 3 rings (SSSR count). The first-order valence-electron chi connectivity index (χ1n) is 8.54. The Balaban J connectivity index is 1.58. The van der Waals surface area contributed by atoms with Gasteiger partial charge in [0.05, 0.1) is 30.9 Å². The van der Waals surface area contributed by atoms with Crippen molar-refractivity contribution in [2.24, 2.45) is 0 Å². The molecule has 8 nitrogen and oxygen atoms in total. The van der Waals surface area contributed by atoms with Crippen molar-refractivity contribution in [2.45, 2.75) is 19.0 Å². The molecule has 2 N–H and O–H groups in total. The number of likely N-dealkylation sites (N-methyl/N-ethyl adjacent to an activating group) is 1. The third-order valence-corrected chi connectivity index (χ3v) is 4.62. The van der Waals surface area contributed by atoms with E-state index >= 15 is 0 Å². The topological polar surface area (TPSA) is 82.6 Å². The van der Waals surface area contributed by atoms with Crippen LogP contribution in [0.5, 0.6) is 0 Å². The summed E-state index contributed by atoms with van der Waals surface area (Å²) in [4.78, 5) is 25.5. The van der Waals surface area contributed by atoms with E-state index in [4.69, 9.17) is 4.74 Å². The predicted octanol–water partition coefficient (Wildman–Crippen LogP) is -0.347. The highest BCUT2D eigenvalue weighted by atomic mass is 16.5. The maximum Gasteiger partial charge on any atom is 0.254 e. The number of anilines is 1. The Morgan fingerprint density at radius 3 is 2.62 bits per heavy atom. The number of aromatic nitrogens is 2. The summed E-state index contributed by atoms with van der Waals surface area (Å²) in [6.45, 7) is 8.08. The molecule has 24 heavy (non-hydrogen) atoms. The van der Waals surface area contributed by atoms with E-state index < -0.39 is 0 Å². The molecular weight excluding hydrogens is 308 g/mol. The van der Waals surface area contributed by atoms with Crippen LogP contribution in [0, 0.1) is 0 Å². The first kappa shape index (κ1) is 17.1. The summed E-state index contributed by atoms with van der Waals surface area (Å²) in [5, 5.41) is 6.10. The van der Waals surface area contributed by atoms with Gasteiger partial charge in [-0.1, -0.05) is 0 Å². The predicted molar refractivity (Wildman–Crippen MR) is 91.1 cm³/mol. The molecule has 2 saturated heterocycles. The summed E-state index contributed by atoms with van der Waals surface area (Å²) in [7, 11) is 2.14. The molecule has 1 amide bonds. The lowest BCUT2D eigenvalue weighted by Crippen LogP contribution is -2.56. The highest BCUT2D eigenvalue weighted by Crippen LogP contribution is 2.16. The molecule has 0 spiro atoms. The molecular formula is C16H26N6O2. The highest BCUT2D eigenvalue weighted by molar-refractivity contribution is 5.93. The van der Waals surface area contributed by atoms with Gasteiger partial charge in [-0.2, -0.15) is 0 Å². The van der Waals surface area contributed by atoms with E-state index in [1.54, 1.807) is 12.4 Å². The van der Waals surface area contributed by atoms with E-state index in [-0.39, 0.29) is 18.0 Å². The molecule has 2 aliphatic heterocycles. The summed E-state index contributed by atoms with van der Waals surface area (Å²) in [5.41, 5.74) is 0.473. The number of nitrogens with zero attached hydrogens (tertiary/aromatic N) is 4. The van der Waals surface area contributed by atoms with E-state index in [2.05, 4.69) is 37.4 Å². The third kappa shape index (κ3) is 4.00. The Morgan fingerprint density at radius 2 is 1.96 bits per heavy atom. The zero-order valence-corrected chi connectivity index (χ0v) is 14.4. The van der Waals surface area contributed by atoms with E-state index in [1.165, 1.54) is 0 Å². The largest absolute Gasteiger partial charge is 0.378 e. The summed E-state index contributed by atoms with van der Waals surface area (Å²) in [6, 6.07) is 0.249. The molecule has 0 saturated carbocycles. The van der Waals surface area contributed by atoms with Crippen LogP contribution in [0.4, 0.5) is 5.95 Å². The number of carbonyl (C=O) groups excluding carboxylic acids is 1. The van der Waals surface area contributed by atoms with Crippen molar-refractivity contribution in [3.8, 4) is 0 Å². The van der Waals surface area contributed by atoms with Crippen LogP contribution in [0.3, 0.4) is 0 Å². The van der Waals surface area contributed by atoms with Crippen LogP contribution in [0.1, 0.15) is 17.3 Å². The molecule has 2 atom stereocenters. The van der Waals surface area contributed by atoms with Crippen LogP contribution in [0.25, 0.3) is 0 Å². The lowest BCUT2D eigenvalue weighted by molar-refractivity contribution is 0.0828. The number of amides is 1. The van der Waals surface area contributed by atoms with Crippen molar-refractivity contribution in [1.82, 2.24) is 25.1 Å². The second kappa shape index (κ2) is 7.87. The van der Waals surface area contributed by atoms with E-state index in [0.29, 0.717) is 24.7 Å². The fourth-order valence-electron chi connectivity index (χ4n) is 3.14. The fourth-order valence-corrected chi connectivity index (χ4v) is 3.14. The van der Waals surface area contributed by atoms with Gasteiger partial charge in [-0.15, -0.1) is 0 Å². The molecule has 1 aromatic rings. The van der Waals surface area contributed by atoms with Gasteiger partial charge in [-0.05, 0) is 14.0 Å². The van der Waals surface area contributed by atoms with Gasteiger partial charge in [0.1, 0.15) is 0 Å². The maximum atomic E-state index is 12.5. The van der Waals surface area contributed by atoms with Gasteiger partial charge in [-0.3, -0.25) is 9.69 Å². The van der Waals surface area contributed by atoms with Crippen LogP contribution in [0.2, 0.25) is 0 Å². The number of rotatable bonds is 5. The number of hydrogen-bond acceptors (Lipinski definition) is 7. The molecule has 0 aliphatic carbocycles. The monoisotopic (exact) mass is 334 g/mol. The van der Waals surface area contributed by atoms with Gasteiger partial charge in [0.15, 0.2) is 0 Å². The second-order valence-electron chi connectivity index (χ2n) is 6.35. The van der Waals surface area contributed by atoms with E-state index in [1.807, 2.05) is 6.92 Å². The van der Waals surface area contributed by atoms with Crippen LogP contribution >= 0.6 is 0 Å². The summed E-state index contributed by atoms with van der Waals surface area (Å²) >= 11 is 0. The number of piperazine rings is 1. The number of nitrogens with one attached hydrogen (secondary N) is 2. The molecule has 3 heterocycles. The third-order valence-electron chi connectivity index (χ3n) is 4.62. The molecule has 0 aromatic carbocycles. The Hall–Kier alpha value is -1.77. The van der Waals surface area contributed by atoms with Gasteiger partial charge in [-0.25, -0.2) is 9.97 Å². The maximum absolute atomic E-state index is 12.5. The van der Waals surface area contributed by atoms with E-state index in [9.17, 15) is 4.79 Å². The minimum Gasteiger partial charge on any atom is -0.378 e. The Morgan fingerprint density at radius 1 is 1.25 bits per heavy atom. The first-order valence-corrected chi connectivity index (χ1v) is 8.54. The second-order valence-corrected chi connectivity index (χ2v) is 6.35. The Kier molecular flexibility index (Phi) is 5.60. The van der Waals surface area contributed by atoms with Crippen LogP contribution in [0.15, 0.2) is 12.4 Å². The molecule has 0 radical (unpaired) electrons. The molecule has 132 valence electrons. The van der Waals surface area contributed by atoms with Gasteiger partial charge >= 0.3 is 0 Å². The van der Waals surface area contributed by atoms with Gasteiger partial charge in [0.25, 0.3) is 5.91 Å². The lowest BCUT2D eigenvalue weighted by atomic mass is 10.1. The van der Waals surface area contributed by atoms with Gasteiger partial charge in [0, 0.05) is 45.1 Å². The summed E-state index contributed by atoms with van der Waals surface area (Å²) in [6.07, 6.45) is 3.11. The first-order chi connectivity index (χ1) is 11.7. The van der Waals surface area contributed by atoms with Crippen molar-refractivity contribution in [1.29, 1.82) is 0 Å². The zero-order valence-electron chi connectivity index (χ0n) is 14.4. The quantitative estimate of drug-likeness (QED) is 0.762. The average Bonchev–Trinajstić information content (AvgIpc) is 3.04. The summed E-state index contributed by atoms with van der Waals surface area (Å²) in [5.74, 6) is 0.390. The van der Waals surface area contributed by atoms with Crippen molar-refractivity contribution in [2.75, 3.05) is 58.3 Å². The SMILES string of the molecule is CCNc1ncc(C(=O)N[C@@H]2COC[C@H]2N2CCN(C)CC2)cn1. The lowest BCUT2D eigenvalue weighted by Gasteiger charge is -2.38. The van der Waals surface area contributed by atoms with Crippen LogP contribution in [-0.2, 0) is 4.74 Å².